The van der Waals surface area contributed by atoms with Crippen LogP contribution in [0.5, 0.6) is 0 Å². The molecule has 2 rings (SSSR count). The van der Waals surface area contributed by atoms with E-state index in [0.29, 0.717) is 10.8 Å². The lowest BCUT2D eigenvalue weighted by Crippen LogP contribution is -2.23. The van der Waals surface area contributed by atoms with Crippen LogP contribution in [-0.4, -0.2) is 11.5 Å². The molecule has 0 aromatic rings. The molecule has 0 aromatic carbocycles. The normalized spacial score (nSPS) is 25.3. The standard InChI is InChI=1S/C24H42S2/c1-23(2,3)21-11-7-19(8-12-21)15-17-25-26-18-16-20-9-13-22(14-10-20)24(4,5)6/h15-16,21-22H,7-14,17-18H2,1-6H3. The minimum absolute atomic E-state index is 0.496. The van der Waals surface area contributed by atoms with Crippen LogP contribution in [0.15, 0.2) is 23.3 Å². The molecule has 0 atom stereocenters. The Balaban J connectivity index is 1.58. The summed E-state index contributed by atoms with van der Waals surface area (Å²) in [7, 11) is 4.08. The van der Waals surface area contributed by atoms with E-state index < -0.39 is 0 Å². The zero-order chi connectivity index (χ0) is 19.2. The highest BCUT2D eigenvalue weighted by molar-refractivity contribution is 8.76. The van der Waals surface area contributed by atoms with Crippen LogP contribution < -0.4 is 0 Å². The number of hydrogen-bond donors (Lipinski definition) is 0. The Morgan fingerprint density at radius 1 is 0.654 bits per heavy atom. The molecule has 0 unspecified atom stereocenters. The van der Waals surface area contributed by atoms with E-state index >= 15 is 0 Å². The highest BCUT2D eigenvalue weighted by Gasteiger charge is 2.28. The Hall–Kier alpha value is 0.180. The highest BCUT2D eigenvalue weighted by Crippen LogP contribution is 2.41. The third kappa shape index (κ3) is 7.66. The summed E-state index contributed by atoms with van der Waals surface area (Å²) < 4.78 is 0. The SMILES string of the molecule is CC(C)(C)C1CCC(=CCSSCC=C2CCC(C(C)(C)C)CC2)CC1. The summed E-state index contributed by atoms with van der Waals surface area (Å²) >= 11 is 0. The summed E-state index contributed by atoms with van der Waals surface area (Å²) in [6.07, 6.45) is 16.0. The van der Waals surface area contributed by atoms with Crippen molar-refractivity contribution in [3.05, 3.63) is 23.3 Å². The maximum atomic E-state index is 2.53. The first-order valence-corrected chi connectivity index (χ1v) is 13.3. The molecule has 0 amide bonds. The van der Waals surface area contributed by atoms with Gasteiger partial charge in [0, 0.05) is 11.5 Å². The van der Waals surface area contributed by atoms with E-state index in [-0.39, 0.29) is 0 Å². The molecule has 0 saturated heterocycles. The average molecular weight is 395 g/mol. The lowest BCUT2D eigenvalue weighted by atomic mass is 9.71. The van der Waals surface area contributed by atoms with Gasteiger partial charge in [0.15, 0.2) is 0 Å². The van der Waals surface area contributed by atoms with Crippen molar-refractivity contribution in [2.75, 3.05) is 11.5 Å². The van der Waals surface area contributed by atoms with Gasteiger partial charge in [0.25, 0.3) is 0 Å². The van der Waals surface area contributed by atoms with Gasteiger partial charge in [-0.3, -0.25) is 0 Å². The number of rotatable bonds is 5. The van der Waals surface area contributed by atoms with Crippen LogP contribution in [0.4, 0.5) is 0 Å². The van der Waals surface area contributed by atoms with Crippen LogP contribution >= 0.6 is 21.6 Å². The van der Waals surface area contributed by atoms with Crippen LogP contribution in [0.3, 0.4) is 0 Å². The smallest absolute Gasteiger partial charge is 0.0220 e. The van der Waals surface area contributed by atoms with Crippen molar-refractivity contribution in [1.29, 1.82) is 0 Å². The lowest BCUT2D eigenvalue weighted by Gasteiger charge is -2.34. The van der Waals surface area contributed by atoms with Crippen LogP contribution in [-0.2, 0) is 0 Å². The molecule has 2 heteroatoms. The third-order valence-corrected chi connectivity index (χ3v) is 8.76. The summed E-state index contributed by atoms with van der Waals surface area (Å²) in [6.45, 7) is 14.4. The minimum Gasteiger partial charge on any atom is -0.0897 e. The van der Waals surface area contributed by atoms with Crippen molar-refractivity contribution in [3.8, 4) is 0 Å². The van der Waals surface area contributed by atoms with Crippen molar-refractivity contribution in [1.82, 2.24) is 0 Å². The number of allylic oxidation sites excluding steroid dienone is 2. The molecule has 2 saturated carbocycles. The molecule has 26 heavy (non-hydrogen) atoms. The van der Waals surface area contributed by atoms with E-state index in [2.05, 4.69) is 53.7 Å². The highest BCUT2D eigenvalue weighted by atomic mass is 33.1. The van der Waals surface area contributed by atoms with E-state index in [0.717, 1.165) is 11.8 Å². The van der Waals surface area contributed by atoms with Crippen LogP contribution in [0.1, 0.15) is 92.9 Å². The summed E-state index contributed by atoms with van der Waals surface area (Å²) in [4.78, 5) is 0. The van der Waals surface area contributed by atoms with E-state index in [4.69, 9.17) is 0 Å². The van der Waals surface area contributed by atoms with Crippen molar-refractivity contribution in [3.63, 3.8) is 0 Å². The largest absolute Gasteiger partial charge is 0.0897 e. The maximum absolute atomic E-state index is 2.53. The van der Waals surface area contributed by atoms with E-state index in [1.807, 2.05) is 21.6 Å². The lowest BCUT2D eigenvalue weighted by molar-refractivity contribution is 0.197. The van der Waals surface area contributed by atoms with Crippen LogP contribution in [0.25, 0.3) is 0 Å². The topological polar surface area (TPSA) is 0 Å². The predicted octanol–water partition coefficient (Wildman–Crippen LogP) is 8.69. The summed E-state index contributed by atoms with van der Waals surface area (Å²) in [5.41, 5.74) is 4.43. The second kappa shape index (κ2) is 10.1. The van der Waals surface area contributed by atoms with E-state index in [1.165, 1.54) is 62.9 Å². The van der Waals surface area contributed by atoms with Gasteiger partial charge in [0.1, 0.15) is 0 Å². The molecular formula is C24H42S2. The zero-order valence-corrected chi connectivity index (χ0v) is 19.8. The zero-order valence-electron chi connectivity index (χ0n) is 18.2. The molecular weight excluding hydrogens is 352 g/mol. The van der Waals surface area contributed by atoms with Gasteiger partial charge in [-0.25, -0.2) is 0 Å². The molecule has 0 heterocycles. The molecule has 0 spiro atoms. The second-order valence-corrected chi connectivity index (χ2v) is 13.1. The minimum atomic E-state index is 0.496. The van der Waals surface area contributed by atoms with Crippen LogP contribution in [0, 0.1) is 22.7 Å². The first-order valence-electron chi connectivity index (χ1n) is 10.8. The fourth-order valence-corrected chi connectivity index (χ4v) is 6.30. The first-order chi connectivity index (χ1) is 12.2. The fourth-order valence-electron chi connectivity index (χ4n) is 4.52. The van der Waals surface area contributed by atoms with Crippen molar-refractivity contribution >= 4 is 21.6 Å². The van der Waals surface area contributed by atoms with Crippen molar-refractivity contribution in [2.45, 2.75) is 92.9 Å². The second-order valence-electron chi connectivity index (χ2n) is 10.6. The van der Waals surface area contributed by atoms with E-state index in [9.17, 15) is 0 Å². The van der Waals surface area contributed by atoms with Gasteiger partial charge in [-0.1, -0.05) is 86.4 Å². The molecule has 0 bridgehead atoms. The molecule has 2 aliphatic rings. The quantitative estimate of drug-likeness (QED) is 0.260. The summed E-state index contributed by atoms with van der Waals surface area (Å²) in [5, 5.41) is 0. The molecule has 0 nitrogen and oxygen atoms in total. The third-order valence-electron chi connectivity index (χ3n) is 6.67. The first kappa shape index (κ1) is 22.5. The molecule has 2 fully saturated rings. The predicted molar refractivity (Wildman–Crippen MR) is 124 cm³/mol. The Morgan fingerprint density at radius 2 is 0.962 bits per heavy atom. The Kier molecular flexibility index (Phi) is 8.73. The van der Waals surface area contributed by atoms with Crippen molar-refractivity contribution in [2.24, 2.45) is 22.7 Å². The monoisotopic (exact) mass is 394 g/mol. The van der Waals surface area contributed by atoms with Gasteiger partial charge in [-0.15, -0.1) is 0 Å². The van der Waals surface area contributed by atoms with Gasteiger partial charge in [-0.05, 0) is 74.0 Å². The van der Waals surface area contributed by atoms with Gasteiger partial charge in [0.05, 0.1) is 0 Å². The molecule has 2 aliphatic carbocycles. The molecule has 0 aliphatic heterocycles. The molecule has 150 valence electrons. The summed E-state index contributed by atoms with van der Waals surface area (Å²) in [5.74, 6) is 4.22. The van der Waals surface area contributed by atoms with Gasteiger partial charge >= 0.3 is 0 Å². The molecule has 0 N–H and O–H groups in total. The Bertz CT molecular complexity index is 421. The fraction of sp³-hybridized carbons (Fsp3) is 0.833. The maximum Gasteiger partial charge on any atom is 0.0220 e. The van der Waals surface area contributed by atoms with Crippen molar-refractivity contribution < 1.29 is 0 Å². The van der Waals surface area contributed by atoms with Gasteiger partial charge in [-0.2, -0.15) is 0 Å². The number of hydrogen-bond acceptors (Lipinski definition) is 2. The summed E-state index contributed by atoms with van der Waals surface area (Å²) in [6, 6.07) is 0. The van der Waals surface area contributed by atoms with E-state index in [1.54, 1.807) is 11.1 Å². The average Bonchev–Trinajstić information content (AvgIpc) is 2.57. The molecule has 0 radical (unpaired) electrons. The van der Waals surface area contributed by atoms with Crippen LogP contribution in [0.2, 0.25) is 0 Å². The van der Waals surface area contributed by atoms with Gasteiger partial charge in [0.2, 0.25) is 0 Å². The van der Waals surface area contributed by atoms with Gasteiger partial charge < -0.3 is 0 Å². The Morgan fingerprint density at radius 3 is 1.23 bits per heavy atom. The molecule has 0 aromatic heterocycles. The Labute approximate surface area is 171 Å².